The average molecular weight is 260 g/mol. The summed E-state index contributed by atoms with van der Waals surface area (Å²) in [5.41, 5.74) is 1.69. The van der Waals surface area contributed by atoms with E-state index in [1.165, 1.54) is 30.3 Å². The van der Waals surface area contributed by atoms with Crippen LogP contribution in [0.2, 0.25) is 0 Å². The van der Waals surface area contributed by atoms with E-state index >= 15 is 0 Å². The van der Waals surface area contributed by atoms with Gasteiger partial charge in [-0.1, -0.05) is 6.07 Å². The first-order chi connectivity index (χ1) is 9.04. The van der Waals surface area contributed by atoms with Crippen LogP contribution in [-0.4, -0.2) is 11.1 Å². The molecule has 2 aromatic rings. The maximum atomic E-state index is 12.7. The van der Waals surface area contributed by atoms with E-state index in [2.05, 4.69) is 10.6 Å². The summed E-state index contributed by atoms with van der Waals surface area (Å²) in [6.07, 6.45) is 0. The Kier molecular flexibility index (Phi) is 3.66. The maximum absolute atomic E-state index is 12.7. The quantitative estimate of drug-likeness (QED) is 0.724. The predicted molar refractivity (Wildman–Crippen MR) is 71.9 cm³/mol. The number of phenolic OH excluding ortho intramolecular Hbond substituents is 1. The van der Waals surface area contributed by atoms with Crippen molar-refractivity contribution in [2.75, 3.05) is 10.6 Å². The molecule has 0 aliphatic heterocycles. The van der Waals surface area contributed by atoms with Crippen LogP contribution in [0.15, 0.2) is 42.5 Å². The third-order valence-electron chi connectivity index (χ3n) is 2.50. The topological polar surface area (TPSA) is 61.4 Å². The molecule has 0 saturated carbocycles. The van der Waals surface area contributed by atoms with Crippen molar-refractivity contribution in [2.45, 2.75) is 6.92 Å². The van der Waals surface area contributed by atoms with E-state index in [9.17, 15) is 14.3 Å². The van der Waals surface area contributed by atoms with E-state index in [0.717, 1.165) is 5.56 Å². The summed E-state index contributed by atoms with van der Waals surface area (Å²) >= 11 is 0. The van der Waals surface area contributed by atoms with Crippen LogP contribution in [0.4, 0.5) is 20.6 Å². The molecule has 0 aliphatic rings. The Hall–Kier alpha value is -2.56. The Bertz CT molecular complexity index is 597. The average Bonchev–Trinajstić information content (AvgIpc) is 2.37. The highest BCUT2D eigenvalue weighted by molar-refractivity contribution is 6.00. The van der Waals surface area contributed by atoms with E-state index in [1.54, 1.807) is 12.1 Å². The monoisotopic (exact) mass is 260 g/mol. The Morgan fingerprint density at radius 2 is 1.79 bits per heavy atom. The largest absolute Gasteiger partial charge is 0.506 e. The molecule has 0 radical (unpaired) electrons. The molecule has 98 valence electrons. The molecule has 3 N–H and O–H groups in total. The zero-order valence-electron chi connectivity index (χ0n) is 10.3. The summed E-state index contributed by atoms with van der Waals surface area (Å²) < 4.78 is 12.7. The fourth-order valence-corrected chi connectivity index (χ4v) is 1.57. The fourth-order valence-electron chi connectivity index (χ4n) is 1.57. The smallest absolute Gasteiger partial charge is 0.323 e. The molecule has 5 heteroatoms. The third kappa shape index (κ3) is 3.45. The minimum absolute atomic E-state index is 0.0140. The molecule has 0 fully saturated rings. The maximum Gasteiger partial charge on any atom is 0.323 e. The van der Waals surface area contributed by atoms with Gasteiger partial charge in [0.1, 0.15) is 11.6 Å². The van der Waals surface area contributed by atoms with E-state index in [-0.39, 0.29) is 11.6 Å². The van der Waals surface area contributed by atoms with E-state index in [0.29, 0.717) is 11.4 Å². The summed E-state index contributed by atoms with van der Waals surface area (Å²) in [5.74, 6) is -0.387. The van der Waals surface area contributed by atoms with E-state index in [1.807, 2.05) is 6.92 Å². The van der Waals surface area contributed by atoms with Crippen LogP contribution in [0.5, 0.6) is 5.75 Å². The number of benzene rings is 2. The van der Waals surface area contributed by atoms with Crippen molar-refractivity contribution in [1.29, 1.82) is 0 Å². The third-order valence-corrected chi connectivity index (χ3v) is 2.50. The Balaban J connectivity index is 2.05. The first-order valence-electron chi connectivity index (χ1n) is 5.68. The zero-order chi connectivity index (χ0) is 13.8. The summed E-state index contributed by atoms with van der Waals surface area (Å²) in [7, 11) is 0. The summed E-state index contributed by atoms with van der Waals surface area (Å²) in [6.45, 7) is 1.85. The minimum Gasteiger partial charge on any atom is -0.506 e. The summed E-state index contributed by atoms with van der Waals surface area (Å²) in [4.78, 5) is 11.7. The molecule has 4 nitrogen and oxygen atoms in total. The highest BCUT2D eigenvalue weighted by Gasteiger charge is 2.06. The molecule has 0 aliphatic carbocycles. The molecule has 0 unspecified atom stereocenters. The first kappa shape index (κ1) is 12.9. The molecular formula is C14H13FN2O2. The fraction of sp³-hybridized carbons (Fsp3) is 0.0714. The van der Waals surface area contributed by atoms with Crippen LogP contribution in [-0.2, 0) is 0 Å². The van der Waals surface area contributed by atoms with Gasteiger partial charge in [-0.25, -0.2) is 9.18 Å². The van der Waals surface area contributed by atoms with Crippen LogP contribution >= 0.6 is 0 Å². The molecule has 19 heavy (non-hydrogen) atoms. The summed E-state index contributed by atoms with van der Waals surface area (Å²) in [6, 6.07) is 9.78. The van der Waals surface area contributed by atoms with Gasteiger partial charge in [0, 0.05) is 5.69 Å². The Morgan fingerprint density at radius 3 is 2.47 bits per heavy atom. The number of hydrogen-bond donors (Lipinski definition) is 3. The number of carbonyl (C=O) groups excluding carboxylic acids is 1. The van der Waals surface area contributed by atoms with Crippen molar-refractivity contribution < 1.29 is 14.3 Å². The van der Waals surface area contributed by atoms with E-state index < -0.39 is 6.03 Å². The van der Waals surface area contributed by atoms with Crippen LogP contribution in [0.1, 0.15) is 5.56 Å². The van der Waals surface area contributed by atoms with Crippen molar-refractivity contribution in [3.63, 3.8) is 0 Å². The molecule has 0 atom stereocenters. The molecule has 0 spiro atoms. The molecule has 0 aromatic heterocycles. The van der Waals surface area contributed by atoms with Crippen LogP contribution in [0.3, 0.4) is 0 Å². The normalized spacial score (nSPS) is 10.0. The van der Waals surface area contributed by atoms with Gasteiger partial charge < -0.3 is 15.7 Å². The number of anilines is 2. The van der Waals surface area contributed by atoms with Gasteiger partial charge in [0.05, 0.1) is 5.69 Å². The van der Waals surface area contributed by atoms with Gasteiger partial charge >= 0.3 is 6.03 Å². The second-order valence-corrected chi connectivity index (χ2v) is 4.11. The number of hydrogen-bond acceptors (Lipinski definition) is 2. The van der Waals surface area contributed by atoms with Crippen LogP contribution < -0.4 is 10.6 Å². The summed E-state index contributed by atoms with van der Waals surface area (Å²) in [5, 5.41) is 14.7. The lowest BCUT2D eigenvalue weighted by molar-refractivity contribution is 0.262. The number of rotatable bonds is 2. The van der Waals surface area contributed by atoms with Crippen molar-refractivity contribution in [1.82, 2.24) is 0 Å². The van der Waals surface area contributed by atoms with Gasteiger partial charge in [-0.3, -0.25) is 0 Å². The van der Waals surface area contributed by atoms with Crippen molar-refractivity contribution >= 4 is 17.4 Å². The van der Waals surface area contributed by atoms with Gasteiger partial charge in [-0.05, 0) is 48.9 Å². The van der Waals surface area contributed by atoms with Crippen molar-refractivity contribution in [3.05, 3.63) is 53.8 Å². The lowest BCUT2D eigenvalue weighted by atomic mass is 10.2. The number of aromatic hydroxyl groups is 1. The number of amides is 2. The number of carbonyl (C=O) groups is 1. The van der Waals surface area contributed by atoms with Gasteiger partial charge in [-0.2, -0.15) is 0 Å². The second kappa shape index (κ2) is 5.39. The van der Waals surface area contributed by atoms with Gasteiger partial charge in [0.25, 0.3) is 0 Å². The molecule has 2 amide bonds. The SMILES string of the molecule is Cc1ccc(O)c(NC(=O)Nc2ccc(F)cc2)c1. The predicted octanol–water partition coefficient (Wildman–Crippen LogP) is 3.48. The lowest BCUT2D eigenvalue weighted by Crippen LogP contribution is -2.19. The van der Waals surface area contributed by atoms with Crippen LogP contribution in [0.25, 0.3) is 0 Å². The highest BCUT2D eigenvalue weighted by Crippen LogP contribution is 2.24. The highest BCUT2D eigenvalue weighted by atomic mass is 19.1. The van der Waals surface area contributed by atoms with Crippen molar-refractivity contribution in [2.24, 2.45) is 0 Å². The number of phenols is 1. The Morgan fingerprint density at radius 1 is 1.11 bits per heavy atom. The Labute approximate surface area is 109 Å². The van der Waals surface area contributed by atoms with Crippen molar-refractivity contribution in [3.8, 4) is 5.75 Å². The molecule has 0 saturated heterocycles. The number of halogens is 1. The standard InChI is InChI=1S/C14H13FN2O2/c1-9-2-7-13(18)12(8-9)17-14(19)16-11-5-3-10(15)4-6-11/h2-8,18H,1H3,(H2,16,17,19). The minimum atomic E-state index is -0.507. The molecule has 0 heterocycles. The van der Waals surface area contributed by atoms with Gasteiger partial charge in [0.2, 0.25) is 0 Å². The number of aryl methyl sites for hydroxylation is 1. The molecular weight excluding hydrogens is 247 g/mol. The molecule has 2 rings (SSSR count). The first-order valence-corrected chi connectivity index (χ1v) is 5.68. The molecule has 0 bridgehead atoms. The van der Waals surface area contributed by atoms with Crippen LogP contribution in [0, 0.1) is 12.7 Å². The second-order valence-electron chi connectivity index (χ2n) is 4.11. The molecule has 2 aromatic carbocycles. The van der Waals surface area contributed by atoms with E-state index in [4.69, 9.17) is 0 Å². The van der Waals surface area contributed by atoms with Gasteiger partial charge in [0.15, 0.2) is 0 Å². The number of nitrogens with one attached hydrogen (secondary N) is 2. The van der Waals surface area contributed by atoms with Gasteiger partial charge in [-0.15, -0.1) is 0 Å². The lowest BCUT2D eigenvalue weighted by Gasteiger charge is -2.09. The number of urea groups is 1. The zero-order valence-corrected chi connectivity index (χ0v) is 10.3.